The molecular weight excluding hydrogens is 1510 g/mol. The maximum absolute atomic E-state index is 15.2. The smallest absolute Gasteiger partial charge is 0.521 e. The van der Waals surface area contributed by atoms with Gasteiger partial charge in [-0.2, -0.15) is 0 Å². The predicted molar refractivity (Wildman–Crippen MR) is 472 cm³/mol. The molecule has 4 aliphatic heterocycles. The predicted octanol–water partition coefficient (Wildman–Crippen LogP) is 14.9. The van der Waals surface area contributed by atoms with E-state index in [-0.39, 0.29) is 120 Å². The monoisotopic (exact) mass is 1630 g/mol. The summed E-state index contributed by atoms with van der Waals surface area (Å²) in [7, 11) is -5.58. The number of hydrogen-bond donors (Lipinski definition) is 8. The number of carbonyl (C=O) groups is 4. The normalized spacial score (nSPS) is 20.6. The molecule has 8 bridgehead atoms. The molecule has 8 aromatic carbocycles. The Morgan fingerprint density at radius 3 is 0.608 bits per heavy atom. The Bertz CT molecular complexity index is 4330. The number of fused-ring (bicyclic) bond motifs is 16. The van der Waals surface area contributed by atoms with Crippen LogP contribution in [0.2, 0.25) is 0 Å². The van der Waals surface area contributed by atoms with E-state index in [9.17, 15) is 20.4 Å². The lowest BCUT2D eigenvalue weighted by atomic mass is 9.72. The minimum Gasteiger partial charge on any atom is -0.521 e. The zero-order chi connectivity index (χ0) is 85.7. The number of phenols is 4. The highest BCUT2D eigenvalue weighted by molar-refractivity contribution is 6.65. The molecule has 0 spiro atoms. The highest BCUT2D eigenvalue weighted by atomic mass is 16.6. The van der Waals surface area contributed by atoms with Crippen LogP contribution in [0.25, 0.3) is 0 Å². The number of nitrogens with one attached hydrogen (secondary N) is 4. The molecule has 13 rings (SSSR count). The molecule has 0 aromatic heterocycles. The van der Waals surface area contributed by atoms with Gasteiger partial charge in [-0.3, -0.25) is 19.2 Å². The number of carbonyl (C=O) groups excluding carboxylic acids is 4. The van der Waals surface area contributed by atoms with Crippen LogP contribution in [-0.2, 0) is 64.0 Å². The molecule has 0 saturated heterocycles. The van der Waals surface area contributed by atoms with Gasteiger partial charge in [0.15, 0.2) is 0 Å². The average molecular weight is 1630 g/mol. The van der Waals surface area contributed by atoms with Crippen LogP contribution in [-0.4, -0.2) is 96.9 Å². The van der Waals surface area contributed by atoms with E-state index in [0.29, 0.717) is 140 Å². The third-order valence-corrected chi connectivity index (χ3v) is 23.6. The summed E-state index contributed by atoms with van der Waals surface area (Å²) in [5.74, 6) is -6.60. The van der Waals surface area contributed by atoms with E-state index >= 15 is 19.2 Å². The standard InChI is InChI=1S/C96H120B4N4O16/c1-53(2)37-65-69-45-74(90-77(85(69)105)49-101-81(41-57(9)10)94(110)118-98(114-90)62-31-23-18-24-32-62)67(39-55(5)6)71-47-76(92-79(87(71)107)51-103-83(43-59(13)14)96(112)120-100(116-92)64-35-27-20-28-36-64)68(40-56(7)8)72-48-75(91-80(88(72)108)52-104-84(44-60(15)16)95(111)119-99(115-91)63-33-25-19-26-34-63)66(38-54(3)4)70-46-73(65)89-78(86(70)106)50-102-82(42-58(11)12)93(109)117-97(113-89)61-29-21-17-22-30-61/h17-36,45-48,53-60,65-68,81-84,101-108H,37-44,49-52H2,1-16H3. The molecule has 120 heavy (non-hydrogen) atoms. The molecule has 8 unspecified atom stereocenters. The molecule has 24 heteroatoms. The summed E-state index contributed by atoms with van der Waals surface area (Å²) in [4.78, 5) is 60.7. The van der Waals surface area contributed by atoms with E-state index in [0.717, 1.165) is 0 Å². The van der Waals surface area contributed by atoms with Gasteiger partial charge in [0.25, 0.3) is 0 Å². The van der Waals surface area contributed by atoms with Crippen LogP contribution in [0.4, 0.5) is 0 Å². The lowest BCUT2D eigenvalue weighted by molar-refractivity contribution is -0.139. The lowest BCUT2D eigenvalue weighted by Gasteiger charge is -2.35. The van der Waals surface area contributed by atoms with Crippen molar-refractivity contribution in [3.63, 3.8) is 0 Å². The molecule has 4 heterocycles. The number of aromatic hydroxyl groups is 4. The van der Waals surface area contributed by atoms with Gasteiger partial charge in [-0.25, -0.2) is 0 Å². The first-order chi connectivity index (χ1) is 57.4. The van der Waals surface area contributed by atoms with Crippen molar-refractivity contribution in [2.24, 2.45) is 47.3 Å². The molecule has 8 N–H and O–H groups in total. The Labute approximate surface area is 710 Å². The van der Waals surface area contributed by atoms with Gasteiger partial charge < -0.3 is 78.9 Å². The fourth-order valence-electron chi connectivity index (χ4n) is 18.0. The van der Waals surface area contributed by atoms with Gasteiger partial charge in [0.05, 0.1) is 0 Å². The molecular formula is C96H120B4N4O16. The summed E-state index contributed by atoms with van der Waals surface area (Å²) in [6.45, 7) is 32.6. The summed E-state index contributed by atoms with van der Waals surface area (Å²) in [5.41, 5.74) is 6.85. The Morgan fingerprint density at radius 1 is 0.267 bits per heavy atom. The molecule has 1 aliphatic carbocycles. The molecule has 5 aliphatic rings. The maximum atomic E-state index is 15.2. The number of benzene rings is 8. The van der Waals surface area contributed by atoms with Gasteiger partial charge in [-0.15, -0.1) is 0 Å². The third-order valence-electron chi connectivity index (χ3n) is 23.6. The minimum atomic E-state index is -1.40. The fraction of sp³-hybridized carbons (Fsp3) is 0.458. The van der Waals surface area contributed by atoms with Gasteiger partial charge in [0.1, 0.15) is 70.2 Å². The van der Waals surface area contributed by atoms with Crippen LogP contribution in [0, 0.1) is 47.3 Å². The van der Waals surface area contributed by atoms with Crippen molar-refractivity contribution in [2.45, 2.75) is 236 Å². The van der Waals surface area contributed by atoms with Crippen LogP contribution in [0.3, 0.4) is 0 Å². The first kappa shape index (κ1) is 87.9. The summed E-state index contributed by atoms with van der Waals surface area (Å²) in [6.07, 6.45) is 2.62. The van der Waals surface area contributed by atoms with Crippen LogP contribution < -0.4 is 61.7 Å². The molecule has 0 radical (unpaired) electrons. The molecule has 0 fully saturated rings. The Balaban J connectivity index is 1.27. The van der Waals surface area contributed by atoms with E-state index in [1.807, 2.05) is 201 Å². The highest BCUT2D eigenvalue weighted by Gasteiger charge is 2.47. The van der Waals surface area contributed by atoms with Crippen LogP contribution >= 0.6 is 0 Å². The quantitative estimate of drug-likeness (QED) is 0.0329. The van der Waals surface area contributed by atoms with Crippen molar-refractivity contribution < 1.29 is 76.8 Å². The number of rotatable bonds is 20. The Morgan fingerprint density at radius 2 is 0.442 bits per heavy atom. The molecule has 632 valence electrons. The summed E-state index contributed by atoms with van der Waals surface area (Å²) >= 11 is 0. The molecule has 8 atom stereocenters. The topological polar surface area (TPSA) is 271 Å². The molecule has 8 aromatic rings. The Hall–Kier alpha value is -9.86. The maximum Gasteiger partial charge on any atom is 0.634 e. The van der Waals surface area contributed by atoms with Crippen molar-refractivity contribution >= 4 is 74.2 Å². The first-order valence-electron chi connectivity index (χ1n) is 43.6. The average Bonchev–Trinajstić information content (AvgIpc) is 1.23. The van der Waals surface area contributed by atoms with E-state index in [1.165, 1.54) is 0 Å². The molecule has 0 saturated carbocycles. The van der Waals surface area contributed by atoms with Crippen molar-refractivity contribution in [3.8, 4) is 46.0 Å². The fourth-order valence-corrected chi connectivity index (χ4v) is 18.0. The first-order valence-corrected chi connectivity index (χ1v) is 43.6. The summed E-state index contributed by atoms with van der Waals surface area (Å²) in [6, 6.07) is 41.3. The van der Waals surface area contributed by atoms with Crippen molar-refractivity contribution in [3.05, 3.63) is 212 Å². The zero-order valence-corrected chi connectivity index (χ0v) is 72.6. The number of phenolic OH excluding ortho intramolecular Hbond substituents is 4. The van der Waals surface area contributed by atoms with E-state index in [2.05, 4.69) is 76.7 Å². The van der Waals surface area contributed by atoms with Gasteiger partial charge >= 0.3 is 52.4 Å². The Kier molecular flexibility index (Phi) is 28.2. The van der Waals surface area contributed by atoms with Crippen LogP contribution in [0.1, 0.15) is 253 Å². The second kappa shape index (κ2) is 38.5. The van der Waals surface area contributed by atoms with Crippen LogP contribution in [0.15, 0.2) is 146 Å². The van der Waals surface area contributed by atoms with Gasteiger partial charge in [0.2, 0.25) is 0 Å². The van der Waals surface area contributed by atoms with Crippen LogP contribution in [0.5, 0.6) is 46.0 Å². The summed E-state index contributed by atoms with van der Waals surface area (Å²) < 4.78 is 56.9. The van der Waals surface area contributed by atoms with Crippen molar-refractivity contribution in [1.29, 1.82) is 0 Å². The molecule has 20 nitrogen and oxygen atoms in total. The lowest BCUT2D eigenvalue weighted by Crippen LogP contribution is -2.46. The van der Waals surface area contributed by atoms with Gasteiger partial charge in [-0.1, -0.05) is 232 Å². The third kappa shape index (κ3) is 19.8. The second-order valence-electron chi connectivity index (χ2n) is 37.0. The largest absolute Gasteiger partial charge is 0.634 e. The van der Waals surface area contributed by atoms with E-state index in [4.69, 9.17) is 37.2 Å². The zero-order valence-electron chi connectivity index (χ0n) is 72.6. The SMILES string of the molecule is CC(C)CC1NCc2c(O)c3cc(c2OB(c2ccccc2)OC1=O)C(CC(C)C)c1cc(c2c(c1O)CNC(CC(C)C)C(=O)OB(c1ccccc1)O2)C(CC(C)C)c1cc(c2c(c1O)CNC(CC(C)C)C(=O)OB(c1ccccc1)O2)C(CC(C)C)c1cc(c2c(c1O)CNC(CC(C)C)C(=O)OB(c1ccccc1)O2)C3CC(C)C. The summed E-state index contributed by atoms with van der Waals surface area (Å²) in [5, 5.41) is 72.5. The van der Waals surface area contributed by atoms with Crippen molar-refractivity contribution in [1.82, 2.24) is 21.3 Å². The van der Waals surface area contributed by atoms with Crippen molar-refractivity contribution in [2.75, 3.05) is 0 Å². The van der Waals surface area contributed by atoms with Gasteiger partial charge in [-0.05, 0) is 123 Å². The highest BCUT2D eigenvalue weighted by Crippen LogP contribution is 2.58. The number of hydrogen-bond acceptors (Lipinski definition) is 20. The van der Waals surface area contributed by atoms with Gasteiger partial charge in [0, 0.05) is 138 Å². The van der Waals surface area contributed by atoms with E-state index in [1.54, 1.807) is 0 Å². The molecule has 0 amide bonds. The minimum absolute atomic E-state index is 0.00800. The second-order valence-corrected chi connectivity index (χ2v) is 37.0. The van der Waals surface area contributed by atoms with E-state index < -0.39 is 100 Å².